The Balaban J connectivity index is 1.90. The molecule has 6 heteroatoms. The summed E-state index contributed by atoms with van der Waals surface area (Å²) in [5.74, 6) is -0.533. The third kappa shape index (κ3) is 4.31. The van der Waals surface area contributed by atoms with E-state index in [1.54, 1.807) is 30.0 Å². The first kappa shape index (κ1) is 16.0. The van der Waals surface area contributed by atoms with Crippen LogP contribution in [0.15, 0.2) is 29.8 Å². The number of amides is 2. The molecule has 0 radical (unpaired) electrons. The summed E-state index contributed by atoms with van der Waals surface area (Å²) in [5, 5.41) is 2.83. The maximum atomic E-state index is 12.8. The molecule has 1 saturated heterocycles. The highest BCUT2D eigenvalue weighted by atomic mass is 19.1. The van der Waals surface area contributed by atoms with Crippen LogP contribution in [0.4, 0.5) is 9.18 Å². The van der Waals surface area contributed by atoms with Gasteiger partial charge >= 0.3 is 6.09 Å². The average Bonchev–Trinajstić information content (AvgIpc) is 2.86. The van der Waals surface area contributed by atoms with Gasteiger partial charge in [-0.25, -0.2) is 9.18 Å². The second kappa shape index (κ2) is 7.06. The Labute approximate surface area is 128 Å². The number of hydrogen-bond donors (Lipinski definition) is 1. The van der Waals surface area contributed by atoms with Gasteiger partial charge in [-0.05, 0) is 37.6 Å². The highest BCUT2D eigenvalue weighted by Gasteiger charge is 2.24. The maximum absolute atomic E-state index is 12.8. The molecule has 1 aliphatic heterocycles. The minimum absolute atomic E-state index is 0.185. The molecule has 1 N–H and O–H groups in total. The fourth-order valence-electron chi connectivity index (χ4n) is 2.18. The molecule has 1 aliphatic rings. The number of halogens is 1. The van der Waals surface area contributed by atoms with Crippen molar-refractivity contribution in [2.24, 2.45) is 0 Å². The molecule has 1 aromatic rings. The number of cyclic esters (lactones) is 1. The maximum Gasteiger partial charge on any atom is 0.410 e. The monoisotopic (exact) mass is 306 g/mol. The minimum Gasteiger partial charge on any atom is -0.448 e. The van der Waals surface area contributed by atoms with Crippen LogP contribution in [0.25, 0.3) is 6.08 Å². The molecule has 0 unspecified atom stereocenters. The summed E-state index contributed by atoms with van der Waals surface area (Å²) in [5.41, 5.74) is 1.27. The highest BCUT2D eigenvalue weighted by molar-refractivity contribution is 5.97. The van der Waals surface area contributed by atoms with Crippen molar-refractivity contribution in [3.8, 4) is 0 Å². The predicted molar refractivity (Wildman–Crippen MR) is 80.6 cm³/mol. The van der Waals surface area contributed by atoms with E-state index in [0.717, 1.165) is 5.56 Å². The predicted octanol–water partition coefficient (Wildman–Crippen LogP) is 2.19. The molecule has 1 aromatic carbocycles. The van der Waals surface area contributed by atoms with Crippen molar-refractivity contribution >= 4 is 18.1 Å². The molecular weight excluding hydrogens is 287 g/mol. The summed E-state index contributed by atoms with van der Waals surface area (Å²) < 4.78 is 17.7. The first-order valence-corrected chi connectivity index (χ1v) is 7.12. The van der Waals surface area contributed by atoms with Crippen LogP contribution in [-0.4, -0.2) is 42.6 Å². The van der Waals surface area contributed by atoms with Gasteiger partial charge in [0.05, 0.1) is 6.54 Å². The lowest BCUT2D eigenvalue weighted by Gasteiger charge is -2.19. The lowest BCUT2D eigenvalue weighted by atomic mass is 10.1. The van der Waals surface area contributed by atoms with Gasteiger partial charge in [-0.3, -0.25) is 4.79 Å². The molecule has 2 rings (SSSR count). The molecule has 0 aliphatic carbocycles. The lowest BCUT2D eigenvalue weighted by molar-refractivity contribution is -0.118. The van der Waals surface area contributed by atoms with E-state index in [2.05, 4.69) is 5.32 Å². The SMILES string of the molecule is C/C(=C\c1ccc(F)cc1)C(=O)N[C@@H](C)CN1CCOC1=O. The van der Waals surface area contributed by atoms with Crippen molar-refractivity contribution in [1.82, 2.24) is 10.2 Å². The van der Waals surface area contributed by atoms with E-state index in [9.17, 15) is 14.0 Å². The Hall–Kier alpha value is -2.37. The van der Waals surface area contributed by atoms with Gasteiger partial charge in [0.25, 0.3) is 0 Å². The third-order valence-corrected chi connectivity index (χ3v) is 3.33. The highest BCUT2D eigenvalue weighted by Crippen LogP contribution is 2.09. The fraction of sp³-hybridized carbons (Fsp3) is 0.375. The van der Waals surface area contributed by atoms with E-state index in [1.165, 1.54) is 12.1 Å². The van der Waals surface area contributed by atoms with Gasteiger partial charge in [0, 0.05) is 18.2 Å². The average molecular weight is 306 g/mol. The van der Waals surface area contributed by atoms with Crippen molar-refractivity contribution < 1.29 is 18.7 Å². The van der Waals surface area contributed by atoms with Crippen LogP contribution in [0.3, 0.4) is 0 Å². The zero-order valence-electron chi connectivity index (χ0n) is 12.6. The Morgan fingerprint density at radius 3 is 2.73 bits per heavy atom. The normalized spacial score (nSPS) is 16.4. The van der Waals surface area contributed by atoms with E-state index in [-0.39, 0.29) is 23.9 Å². The second-order valence-corrected chi connectivity index (χ2v) is 5.31. The van der Waals surface area contributed by atoms with Crippen molar-refractivity contribution in [3.05, 3.63) is 41.2 Å². The number of rotatable bonds is 5. The van der Waals surface area contributed by atoms with E-state index in [4.69, 9.17) is 4.74 Å². The molecule has 0 spiro atoms. The van der Waals surface area contributed by atoms with Crippen LogP contribution >= 0.6 is 0 Å². The Kier molecular flexibility index (Phi) is 5.14. The van der Waals surface area contributed by atoms with Crippen LogP contribution in [0, 0.1) is 5.82 Å². The van der Waals surface area contributed by atoms with Gasteiger partial charge in [-0.2, -0.15) is 0 Å². The first-order valence-electron chi connectivity index (χ1n) is 7.12. The van der Waals surface area contributed by atoms with E-state index in [1.807, 2.05) is 6.92 Å². The zero-order valence-corrected chi connectivity index (χ0v) is 12.6. The van der Waals surface area contributed by atoms with Crippen LogP contribution in [0.5, 0.6) is 0 Å². The lowest BCUT2D eigenvalue weighted by Crippen LogP contribution is -2.42. The summed E-state index contributed by atoms with van der Waals surface area (Å²) in [6.45, 7) is 4.87. The van der Waals surface area contributed by atoms with Gasteiger partial charge in [-0.1, -0.05) is 12.1 Å². The standard InChI is InChI=1S/C16H19FN2O3/c1-11(9-13-3-5-14(17)6-4-13)15(20)18-12(2)10-19-7-8-22-16(19)21/h3-6,9,12H,7-8,10H2,1-2H3,(H,18,20)/b11-9+/t12-/m0/s1. The number of ether oxygens (including phenoxy) is 1. The van der Waals surface area contributed by atoms with Crippen LogP contribution in [0.1, 0.15) is 19.4 Å². The molecule has 1 fully saturated rings. The fourth-order valence-corrected chi connectivity index (χ4v) is 2.18. The van der Waals surface area contributed by atoms with Gasteiger partial charge in [0.15, 0.2) is 0 Å². The quantitative estimate of drug-likeness (QED) is 0.848. The van der Waals surface area contributed by atoms with Crippen molar-refractivity contribution in [3.63, 3.8) is 0 Å². The summed E-state index contributed by atoms with van der Waals surface area (Å²) in [6, 6.07) is 5.72. The Bertz CT molecular complexity index is 584. The smallest absolute Gasteiger partial charge is 0.410 e. The molecular formula is C16H19FN2O3. The van der Waals surface area contributed by atoms with Gasteiger partial charge in [-0.15, -0.1) is 0 Å². The van der Waals surface area contributed by atoms with Gasteiger partial charge < -0.3 is 15.0 Å². The van der Waals surface area contributed by atoms with Crippen LogP contribution in [-0.2, 0) is 9.53 Å². The summed E-state index contributed by atoms with van der Waals surface area (Å²) >= 11 is 0. The molecule has 22 heavy (non-hydrogen) atoms. The number of carbonyl (C=O) groups excluding carboxylic acids is 2. The molecule has 1 atom stereocenters. The molecule has 5 nitrogen and oxygen atoms in total. The Morgan fingerprint density at radius 1 is 1.45 bits per heavy atom. The molecule has 0 bridgehead atoms. The molecule has 2 amide bonds. The van der Waals surface area contributed by atoms with Crippen molar-refractivity contribution in [2.75, 3.05) is 19.7 Å². The number of nitrogens with zero attached hydrogens (tertiary/aromatic N) is 1. The van der Waals surface area contributed by atoms with Crippen LogP contribution in [0.2, 0.25) is 0 Å². The first-order chi connectivity index (χ1) is 10.5. The summed E-state index contributed by atoms with van der Waals surface area (Å²) in [6.07, 6.45) is 1.34. The molecule has 0 aromatic heterocycles. The van der Waals surface area contributed by atoms with Crippen molar-refractivity contribution in [2.45, 2.75) is 19.9 Å². The van der Waals surface area contributed by atoms with E-state index in [0.29, 0.717) is 25.3 Å². The van der Waals surface area contributed by atoms with Gasteiger partial charge in [0.1, 0.15) is 12.4 Å². The third-order valence-electron chi connectivity index (χ3n) is 3.33. The number of benzene rings is 1. The topological polar surface area (TPSA) is 58.6 Å². The van der Waals surface area contributed by atoms with E-state index < -0.39 is 0 Å². The summed E-state index contributed by atoms with van der Waals surface area (Å²) in [7, 11) is 0. The zero-order chi connectivity index (χ0) is 16.1. The molecule has 1 heterocycles. The summed E-state index contributed by atoms with van der Waals surface area (Å²) in [4.78, 5) is 25.0. The Morgan fingerprint density at radius 2 is 2.14 bits per heavy atom. The number of carbonyl (C=O) groups is 2. The second-order valence-electron chi connectivity index (χ2n) is 5.31. The van der Waals surface area contributed by atoms with E-state index >= 15 is 0 Å². The van der Waals surface area contributed by atoms with Crippen LogP contribution < -0.4 is 5.32 Å². The minimum atomic E-state index is -0.348. The van der Waals surface area contributed by atoms with Crippen molar-refractivity contribution in [1.29, 1.82) is 0 Å². The largest absolute Gasteiger partial charge is 0.448 e. The number of hydrogen-bond acceptors (Lipinski definition) is 3. The molecule has 118 valence electrons. The number of nitrogens with one attached hydrogen (secondary N) is 1. The van der Waals surface area contributed by atoms with Gasteiger partial charge in [0.2, 0.25) is 5.91 Å². The molecule has 0 saturated carbocycles.